The summed E-state index contributed by atoms with van der Waals surface area (Å²) < 4.78 is 28.5. The molecule has 20 heavy (non-hydrogen) atoms. The molecule has 1 aromatic rings. The summed E-state index contributed by atoms with van der Waals surface area (Å²) >= 11 is 0. The summed E-state index contributed by atoms with van der Waals surface area (Å²) in [5.41, 5.74) is 0.762. The molecular formula is C15H23F2N3. The van der Waals surface area contributed by atoms with Crippen molar-refractivity contribution in [2.75, 3.05) is 38.1 Å². The summed E-state index contributed by atoms with van der Waals surface area (Å²) in [5, 5.41) is 3.08. The van der Waals surface area contributed by atoms with Crippen LogP contribution < -0.4 is 10.2 Å². The summed E-state index contributed by atoms with van der Waals surface area (Å²) in [6.07, 6.45) is 0. The van der Waals surface area contributed by atoms with Gasteiger partial charge in [0.15, 0.2) is 0 Å². The lowest BCUT2D eigenvalue weighted by Crippen LogP contribution is -2.51. The molecular weight excluding hydrogens is 260 g/mol. The number of nitrogens with zero attached hydrogens (tertiary/aromatic N) is 2. The van der Waals surface area contributed by atoms with Crippen LogP contribution in [0, 0.1) is 11.6 Å². The highest BCUT2D eigenvalue weighted by molar-refractivity contribution is 5.52. The quantitative estimate of drug-likeness (QED) is 0.914. The van der Waals surface area contributed by atoms with E-state index < -0.39 is 11.6 Å². The summed E-state index contributed by atoms with van der Waals surface area (Å²) in [5.74, 6) is -0.927. The standard InChI is InChI=1S/C15H23F2N3/c1-4-18-9-12-7-13(16)15(14(17)8-12)20-6-5-19(3)10-11(20)2/h7-8,11,18H,4-6,9-10H2,1-3H3. The average molecular weight is 283 g/mol. The van der Waals surface area contributed by atoms with Crippen molar-refractivity contribution in [3.8, 4) is 0 Å². The van der Waals surface area contributed by atoms with E-state index >= 15 is 0 Å². The van der Waals surface area contributed by atoms with Crippen LogP contribution in [0.1, 0.15) is 19.4 Å². The van der Waals surface area contributed by atoms with Crippen molar-refractivity contribution in [3.63, 3.8) is 0 Å². The maximum absolute atomic E-state index is 14.3. The Morgan fingerprint density at radius 1 is 1.25 bits per heavy atom. The van der Waals surface area contributed by atoms with Gasteiger partial charge in [-0.05, 0) is 38.2 Å². The summed E-state index contributed by atoms with van der Waals surface area (Å²) in [6, 6.07) is 2.98. The van der Waals surface area contributed by atoms with Gasteiger partial charge in [-0.1, -0.05) is 6.92 Å². The van der Waals surface area contributed by atoms with Crippen LogP contribution in [0.2, 0.25) is 0 Å². The number of rotatable bonds is 4. The van der Waals surface area contributed by atoms with E-state index in [-0.39, 0.29) is 11.7 Å². The van der Waals surface area contributed by atoms with Crippen LogP contribution in [-0.4, -0.2) is 44.2 Å². The van der Waals surface area contributed by atoms with E-state index in [0.29, 0.717) is 18.7 Å². The number of hydrogen-bond donors (Lipinski definition) is 1. The molecule has 3 nitrogen and oxygen atoms in total. The molecule has 0 aliphatic carbocycles. The number of anilines is 1. The monoisotopic (exact) mass is 283 g/mol. The molecule has 0 aromatic heterocycles. The Kier molecular flexibility index (Phi) is 4.94. The molecule has 1 unspecified atom stereocenters. The zero-order chi connectivity index (χ0) is 14.7. The minimum absolute atomic E-state index is 0.109. The Morgan fingerprint density at radius 2 is 1.90 bits per heavy atom. The van der Waals surface area contributed by atoms with Crippen molar-refractivity contribution in [2.45, 2.75) is 26.4 Å². The first-order chi connectivity index (χ1) is 9.52. The van der Waals surface area contributed by atoms with E-state index in [1.165, 1.54) is 12.1 Å². The lowest BCUT2D eigenvalue weighted by molar-refractivity contribution is 0.273. The van der Waals surface area contributed by atoms with Gasteiger partial charge in [-0.3, -0.25) is 0 Å². The molecule has 0 spiro atoms. The van der Waals surface area contributed by atoms with Crippen LogP contribution in [-0.2, 0) is 6.54 Å². The van der Waals surface area contributed by atoms with Gasteiger partial charge in [-0.15, -0.1) is 0 Å². The SMILES string of the molecule is CCNCc1cc(F)c(N2CCN(C)CC2C)c(F)c1. The van der Waals surface area contributed by atoms with Crippen LogP contribution in [0.25, 0.3) is 0 Å². The van der Waals surface area contributed by atoms with Crippen molar-refractivity contribution in [1.29, 1.82) is 0 Å². The molecule has 1 aliphatic rings. The molecule has 1 aromatic carbocycles. The predicted octanol–water partition coefficient (Wildman–Crippen LogP) is 2.21. The number of halogens is 2. The fraction of sp³-hybridized carbons (Fsp3) is 0.600. The second kappa shape index (κ2) is 6.50. The number of piperazine rings is 1. The zero-order valence-electron chi connectivity index (χ0n) is 12.4. The largest absolute Gasteiger partial charge is 0.362 e. The molecule has 112 valence electrons. The smallest absolute Gasteiger partial charge is 0.149 e. The van der Waals surface area contributed by atoms with Crippen LogP contribution in [0.4, 0.5) is 14.5 Å². The molecule has 0 saturated carbocycles. The molecule has 5 heteroatoms. The molecule has 1 aliphatic heterocycles. The Hall–Kier alpha value is -1.20. The van der Waals surface area contributed by atoms with Gasteiger partial charge < -0.3 is 15.1 Å². The zero-order valence-corrected chi connectivity index (χ0v) is 12.4. The Bertz CT molecular complexity index is 441. The second-order valence-electron chi connectivity index (χ2n) is 5.49. The van der Waals surface area contributed by atoms with Crippen LogP contribution in [0.5, 0.6) is 0 Å². The molecule has 1 saturated heterocycles. The first kappa shape index (κ1) is 15.2. The van der Waals surface area contributed by atoms with Gasteiger partial charge in [0, 0.05) is 32.2 Å². The van der Waals surface area contributed by atoms with Crippen molar-refractivity contribution < 1.29 is 8.78 Å². The second-order valence-corrected chi connectivity index (χ2v) is 5.49. The van der Waals surface area contributed by atoms with E-state index in [9.17, 15) is 8.78 Å². The Balaban J connectivity index is 2.23. The lowest BCUT2D eigenvalue weighted by Gasteiger charge is -2.40. The first-order valence-corrected chi connectivity index (χ1v) is 7.16. The van der Waals surface area contributed by atoms with Gasteiger partial charge in [0.1, 0.15) is 17.3 Å². The topological polar surface area (TPSA) is 18.5 Å². The Morgan fingerprint density at radius 3 is 2.45 bits per heavy atom. The van der Waals surface area contributed by atoms with Gasteiger partial charge in [0.25, 0.3) is 0 Å². The lowest BCUT2D eigenvalue weighted by atomic mass is 10.1. The van der Waals surface area contributed by atoms with Gasteiger partial charge in [-0.2, -0.15) is 0 Å². The van der Waals surface area contributed by atoms with Crippen molar-refractivity contribution >= 4 is 5.69 Å². The highest BCUT2D eigenvalue weighted by Crippen LogP contribution is 2.28. The maximum atomic E-state index is 14.3. The molecule has 1 atom stereocenters. The summed E-state index contributed by atoms with van der Waals surface area (Å²) in [6.45, 7) is 7.52. The molecule has 0 radical (unpaired) electrons. The molecule has 2 rings (SSSR count). The Labute approximate surface area is 119 Å². The minimum Gasteiger partial charge on any atom is -0.362 e. The maximum Gasteiger partial charge on any atom is 0.149 e. The van der Waals surface area contributed by atoms with E-state index in [4.69, 9.17) is 0 Å². The van der Waals surface area contributed by atoms with Crippen LogP contribution in [0.15, 0.2) is 12.1 Å². The number of likely N-dealkylation sites (N-methyl/N-ethyl adjacent to an activating group) is 1. The van der Waals surface area contributed by atoms with Crippen molar-refractivity contribution in [3.05, 3.63) is 29.3 Å². The predicted molar refractivity (Wildman–Crippen MR) is 78.0 cm³/mol. The minimum atomic E-state index is -0.464. The van der Waals surface area contributed by atoms with Crippen LogP contribution >= 0.6 is 0 Å². The van der Waals surface area contributed by atoms with E-state index in [0.717, 1.165) is 19.6 Å². The fourth-order valence-electron chi connectivity index (χ4n) is 2.74. The molecule has 1 fully saturated rings. The highest BCUT2D eigenvalue weighted by Gasteiger charge is 2.26. The third kappa shape index (κ3) is 3.27. The number of nitrogens with one attached hydrogen (secondary N) is 1. The molecule has 1 N–H and O–H groups in total. The van der Waals surface area contributed by atoms with Gasteiger partial charge in [0.2, 0.25) is 0 Å². The number of benzene rings is 1. The van der Waals surface area contributed by atoms with Gasteiger partial charge >= 0.3 is 0 Å². The summed E-state index contributed by atoms with van der Waals surface area (Å²) in [7, 11) is 2.03. The first-order valence-electron chi connectivity index (χ1n) is 7.16. The van der Waals surface area contributed by atoms with E-state index in [1.54, 1.807) is 0 Å². The van der Waals surface area contributed by atoms with Gasteiger partial charge in [0.05, 0.1) is 0 Å². The van der Waals surface area contributed by atoms with Crippen molar-refractivity contribution in [1.82, 2.24) is 10.2 Å². The normalized spacial score (nSPS) is 20.4. The highest BCUT2D eigenvalue weighted by atomic mass is 19.1. The van der Waals surface area contributed by atoms with E-state index in [1.807, 2.05) is 25.8 Å². The molecule has 0 bridgehead atoms. The van der Waals surface area contributed by atoms with E-state index in [2.05, 4.69) is 10.2 Å². The van der Waals surface area contributed by atoms with Gasteiger partial charge in [-0.25, -0.2) is 8.78 Å². The van der Waals surface area contributed by atoms with Crippen LogP contribution in [0.3, 0.4) is 0 Å². The van der Waals surface area contributed by atoms with Crippen molar-refractivity contribution in [2.24, 2.45) is 0 Å². The third-order valence-corrected chi connectivity index (χ3v) is 3.77. The third-order valence-electron chi connectivity index (χ3n) is 3.77. The molecule has 1 heterocycles. The molecule has 0 amide bonds. The summed E-state index contributed by atoms with van der Waals surface area (Å²) in [4.78, 5) is 4.01. The fourth-order valence-corrected chi connectivity index (χ4v) is 2.74. The average Bonchev–Trinajstić information content (AvgIpc) is 2.38. The number of hydrogen-bond acceptors (Lipinski definition) is 3.